The second-order valence-corrected chi connectivity index (χ2v) is 8.40. The fraction of sp³-hybridized carbons (Fsp3) is 0.273. The van der Waals surface area contributed by atoms with E-state index in [1.807, 2.05) is 49.6 Å². The number of aryl methyl sites for hydroxylation is 2. The molecule has 1 aromatic carbocycles. The van der Waals surface area contributed by atoms with Crippen LogP contribution in [0, 0.1) is 13.8 Å². The minimum absolute atomic E-state index is 0.119. The summed E-state index contributed by atoms with van der Waals surface area (Å²) < 4.78 is 1.70. The van der Waals surface area contributed by atoms with Gasteiger partial charge in [0.2, 0.25) is 28.7 Å². The van der Waals surface area contributed by atoms with Gasteiger partial charge in [0.05, 0.1) is 5.69 Å². The molecule has 0 unspecified atom stereocenters. The van der Waals surface area contributed by atoms with E-state index in [-0.39, 0.29) is 17.8 Å². The second kappa shape index (κ2) is 9.74. The van der Waals surface area contributed by atoms with E-state index in [4.69, 9.17) is 0 Å². The molecule has 0 aliphatic rings. The average molecular weight is 465 g/mol. The van der Waals surface area contributed by atoms with Gasteiger partial charge in [-0.05, 0) is 38.5 Å². The predicted molar refractivity (Wildman–Crippen MR) is 128 cm³/mol. The van der Waals surface area contributed by atoms with Crippen molar-refractivity contribution in [3.8, 4) is 11.3 Å². The number of nitrogens with one attached hydrogen (secondary N) is 3. The van der Waals surface area contributed by atoms with E-state index >= 15 is 0 Å². The molecule has 0 radical (unpaired) electrons. The lowest BCUT2D eigenvalue weighted by Crippen LogP contribution is -2.15. The largest absolute Gasteiger partial charge is 0.354 e. The molecule has 4 aromatic rings. The molecule has 11 heteroatoms. The van der Waals surface area contributed by atoms with Crippen LogP contribution in [0.4, 0.5) is 17.6 Å². The molecule has 10 nitrogen and oxygen atoms in total. The van der Waals surface area contributed by atoms with Crippen molar-refractivity contribution in [1.29, 1.82) is 0 Å². The molecular weight excluding hydrogens is 440 g/mol. The van der Waals surface area contributed by atoms with Crippen LogP contribution in [0.2, 0.25) is 0 Å². The van der Waals surface area contributed by atoms with Gasteiger partial charge in [0.15, 0.2) is 0 Å². The number of rotatable bonds is 8. The van der Waals surface area contributed by atoms with Gasteiger partial charge in [0.1, 0.15) is 0 Å². The van der Waals surface area contributed by atoms with Gasteiger partial charge in [-0.25, -0.2) is 14.5 Å². The lowest BCUT2D eigenvalue weighted by molar-refractivity contribution is -0.116. The Morgan fingerprint density at radius 1 is 1.00 bits per heavy atom. The van der Waals surface area contributed by atoms with Gasteiger partial charge in [0.25, 0.3) is 0 Å². The van der Waals surface area contributed by atoms with E-state index in [2.05, 4.69) is 36.0 Å². The molecule has 0 spiro atoms. The summed E-state index contributed by atoms with van der Waals surface area (Å²) in [6.07, 6.45) is 0.943. The summed E-state index contributed by atoms with van der Waals surface area (Å²) in [6.45, 7) is 5.89. The van der Waals surface area contributed by atoms with Crippen LogP contribution >= 0.6 is 11.3 Å². The number of nitrogens with zero attached hydrogens (tertiary/aromatic N) is 5. The van der Waals surface area contributed by atoms with Crippen molar-refractivity contribution in [2.45, 2.75) is 33.6 Å². The first kappa shape index (κ1) is 22.3. The average Bonchev–Trinajstić information content (AvgIpc) is 3.31. The SMILES string of the molecule is CC(=O)Nc1ccc(-c2csc3nc(NC(=O)CCCNc4nc(C)cc(C)n4)nn23)cc1. The third-order valence-corrected chi connectivity index (χ3v) is 5.50. The Morgan fingerprint density at radius 3 is 2.42 bits per heavy atom. The van der Waals surface area contributed by atoms with Crippen LogP contribution < -0.4 is 16.0 Å². The van der Waals surface area contributed by atoms with E-state index < -0.39 is 0 Å². The van der Waals surface area contributed by atoms with Crippen molar-refractivity contribution >= 4 is 45.7 Å². The number of aromatic nitrogens is 5. The first-order chi connectivity index (χ1) is 15.9. The summed E-state index contributed by atoms with van der Waals surface area (Å²) >= 11 is 1.44. The zero-order valence-electron chi connectivity index (χ0n) is 18.5. The van der Waals surface area contributed by atoms with Crippen LogP contribution in [0.1, 0.15) is 31.2 Å². The Bertz CT molecular complexity index is 1280. The highest BCUT2D eigenvalue weighted by Gasteiger charge is 2.13. The van der Waals surface area contributed by atoms with E-state index in [0.717, 1.165) is 28.3 Å². The van der Waals surface area contributed by atoms with Gasteiger partial charge in [-0.15, -0.1) is 16.4 Å². The molecule has 2 amide bonds. The third-order valence-electron chi connectivity index (χ3n) is 4.68. The third kappa shape index (κ3) is 5.69. The van der Waals surface area contributed by atoms with Crippen molar-refractivity contribution in [3.05, 3.63) is 47.1 Å². The number of hydrogen-bond donors (Lipinski definition) is 3. The summed E-state index contributed by atoms with van der Waals surface area (Å²) in [5, 5.41) is 15.0. The van der Waals surface area contributed by atoms with Gasteiger partial charge in [0, 0.05) is 47.9 Å². The van der Waals surface area contributed by atoms with Gasteiger partial charge >= 0.3 is 0 Å². The topological polar surface area (TPSA) is 126 Å². The first-order valence-corrected chi connectivity index (χ1v) is 11.3. The molecule has 0 saturated carbocycles. The number of thiazole rings is 1. The summed E-state index contributed by atoms with van der Waals surface area (Å²) in [4.78, 5) is 37.2. The quantitative estimate of drug-likeness (QED) is 0.340. The van der Waals surface area contributed by atoms with E-state index in [0.29, 0.717) is 30.3 Å². The monoisotopic (exact) mass is 464 g/mol. The highest BCUT2D eigenvalue weighted by molar-refractivity contribution is 7.15. The molecule has 4 rings (SSSR count). The van der Waals surface area contributed by atoms with Crippen LogP contribution in [0.5, 0.6) is 0 Å². The predicted octanol–water partition coefficient (Wildman–Crippen LogP) is 3.65. The molecular formula is C22H24N8O2S. The highest BCUT2D eigenvalue weighted by Crippen LogP contribution is 2.27. The second-order valence-electron chi connectivity index (χ2n) is 7.56. The zero-order chi connectivity index (χ0) is 23.4. The molecule has 0 aliphatic carbocycles. The summed E-state index contributed by atoms with van der Waals surface area (Å²) in [5.74, 6) is 0.569. The first-order valence-electron chi connectivity index (χ1n) is 10.5. The van der Waals surface area contributed by atoms with E-state index in [9.17, 15) is 9.59 Å². The zero-order valence-corrected chi connectivity index (χ0v) is 19.4. The van der Waals surface area contributed by atoms with E-state index in [1.54, 1.807) is 4.52 Å². The molecule has 3 aromatic heterocycles. The smallest absolute Gasteiger partial charge is 0.250 e. The molecule has 3 heterocycles. The molecule has 0 aliphatic heterocycles. The number of benzene rings is 1. The molecule has 0 atom stereocenters. The number of carbonyl (C=O) groups is 2. The van der Waals surface area contributed by atoms with Crippen molar-refractivity contribution < 1.29 is 9.59 Å². The Balaban J connectivity index is 1.33. The van der Waals surface area contributed by atoms with Crippen molar-refractivity contribution in [1.82, 2.24) is 24.6 Å². The minimum Gasteiger partial charge on any atom is -0.354 e. The van der Waals surface area contributed by atoms with Crippen LogP contribution in [-0.4, -0.2) is 42.9 Å². The Morgan fingerprint density at radius 2 is 1.73 bits per heavy atom. The van der Waals surface area contributed by atoms with Crippen molar-refractivity contribution in [2.24, 2.45) is 0 Å². The number of amides is 2. The summed E-state index contributed by atoms with van der Waals surface area (Å²) in [7, 11) is 0. The highest BCUT2D eigenvalue weighted by atomic mass is 32.1. The maximum atomic E-state index is 12.3. The maximum absolute atomic E-state index is 12.3. The Labute approximate surface area is 194 Å². The standard InChI is InChI=1S/C22H24N8O2S/c1-13-11-14(2)25-20(24-13)23-10-4-5-19(32)27-21-28-22-30(29-21)18(12-33-22)16-6-8-17(9-7-16)26-15(3)31/h6-9,11-12H,4-5,10H2,1-3H3,(H,26,31)(H,23,24,25)(H,27,29,32). The number of anilines is 3. The van der Waals surface area contributed by atoms with Crippen molar-refractivity contribution in [3.63, 3.8) is 0 Å². The molecule has 0 saturated heterocycles. The fourth-order valence-electron chi connectivity index (χ4n) is 3.30. The lowest BCUT2D eigenvalue weighted by atomic mass is 10.1. The molecule has 170 valence electrons. The lowest BCUT2D eigenvalue weighted by Gasteiger charge is -2.06. The van der Waals surface area contributed by atoms with Gasteiger partial charge < -0.3 is 10.6 Å². The van der Waals surface area contributed by atoms with Crippen LogP contribution in [0.25, 0.3) is 16.2 Å². The van der Waals surface area contributed by atoms with E-state index in [1.165, 1.54) is 18.3 Å². The molecule has 0 bridgehead atoms. The summed E-state index contributed by atoms with van der Waals surface area (Å²) in [5.41, 5.74) is 4.31. The normalized spacial score (nSPS) is 10.9. The van der Waals surface area contributed by atoms with Crippen LogP contribution in [-0.2, 0) is 9.59 Å². The van der Waals surface area contributed by atoms with Crippen LogP contribution in [0.15, 0.2) is 35.7 Å². The minimum atomic E-state index is -0.155. The number of carbonyl (C=O) groups excluding carboxylic acids is 2. The van der Waals surface area contributed by atoms with Crippen LogP contribution in [0.3, 0.4) is 0 Å². The summed E-state index contributed by atoms with van der Waals surface area (Å²) in [6, 6.07) is 9.37. The van der Waals surface area contributed by atoms with Gasteiger partial charge in [-0.1, -0.05) is 12.1 Å². The fourth-order valence-corrected chi connectivity index (χ4v) is 4.13. The molecule has 0 fully saturated rings. The Kier molecular flexibility index (Phi) is 6.59. The van der Waals surface area contributed by atoms with Gasteiger partial charge in [-0.2, -0.15) is 4.98 Å². The maximum Gasteiger partial charge on any atom is 0.250 e. The Hall–Kier alpha value is -3.86. The number of fused-ring (bicyclic) bond motifs is 1. The van der Waals surface area contributed by atoms with Gasteiger partial charge in [-0.3, -0.25) is 14.9 Å². The molecule has 3 N–H and O–H groups in total. The number of hydrogen-bond acceptors (Lipinski definition) is 8. The molecule has 33 heavy (non-hydrogen) atoms. The van der Waals surface area contributed by atoms with Crippen molar-refractivity contribution in [2.75, 3.05) is 22.5 Å².